The number of piperidine rings is 1. The average molecular weight is 463 g/mol. The number of hydrogen-bond acceptors (Lipinski definition) is 6. The fourth-order valence-electron chi connectivity index (χ4n) is 6.64. The van der Waals surface area contributed by atoms with E-state index in [1.54, 1.807) is 11.9 Å². The number of anilines is 2. The van der Waals surface area contributed by atoms with Gasteiger partial charge in [-0.05, 0) is 61.8 Å². The lowest BCUT2D eigenvalue weighted by Crippen LogP contribution is -2.53. The van der Waals surface area contributed by atoms with Crippen molar-refractivity contribution in [3.8, 4) is 5.75 Å². The Bertz CT molecular complexity index is 1070. The van der Waals surface area contributed by atoms with E-state index in [1.165, 1.54) is 24.0 Å². The van der Waals surface area contributed by atoms with Crippen LogP contribution < -0.4 is 19.9 Å². The molecule has 1 amide bonds. The quantitative estimate of drug-likeness (QED) is 0.728. The van der Waals surface area contributed by atoms with E-state index in [-0.39, 0.29) is 18.5 Å². The third kappa shape index (κ3) is 3.53. The van der Waals surface area contributed by atoms with Crippen molar-refractivity contribution in [1.29, 1.82) is 0 Å². The van der Waals surface area contributed by atoms with Crippen molar-refractivity contribution in [3.05, 3.63) is 53.6 Å². The lowest BCUT2D eigenvalue weighted by Gasteiger charge is -2.45. The minimum Gasteiger partial charge on any atom is -0.493 e. The predicted molar refractivity (Wildman–Crippen MR) is 132 cm³/mol. The fraction of sp³-hybridized carbons (Fsp3) is 0.519. The first-order valence-electron chi connectivity index (χ1n) is 12.7. The van der Waals surface area contributed by atoms with Gasteiger partial charge in [-0.25, -0.2) is 0 Å². The minimum atomic E-state index is -0.819. The summed E-state index contributed by atoms with van der Waals surface area (Å²) in [6.07, 6.45) is 4.75. The Morgan fingerprint density at radius 2 is 1.82 bits per heavy atom. The van der Waals surface area contributed by atoms with Crippen LogP contribution in [0.1, 0.15) is 55.2 Å². The van der Waals surface area contributed by atoms with Crippen molar-refractivity contribution in [2.75, 3.05) is 43.1 Å². The van der Waals surface area contributed by atoms with Crippen LogP contribution in [-0.2, 0) is 4.79 Å². The van der Waals surface area contributed by atoms with Gasteiger partial charge in [0.05, 0.1) is 18.0 Å². The average Bonchev–Trinajstić information content (AvgIpc) is 3.16. The lowest BCUT2D eigenvalue weighted by atomic mass is 9.76. The predicted octanol–water partition coefficient (Wildman–Crippen LogP) is 3.20. The first kappa shape index (κ1) is 21.7. The van der Waals surface area contributed by atoms with Gasteiger partial charge in [-0.3, -0.25) is 9.69 Å². The van der Waals surface area contributed by atoms with Crippen LogP contribution in [0.5, 0.6) is 5.75 Å². The monoisotopic (exact) mass is 462 g/mol. The Morgan fingerprint density at radius 3 is 2.62 bits per heavy atom. The first-order valence-corrected chi connectivity index (χ1v) is 12.7. The van der Waals surface area contributed by atoms with E-state index in [2.05, 4.69) is 39.4 Å². The molecule has 1 saturated heterocycles. The van der Waals surface area contributed by atoms with Crippen LogP contribution in [0.2, 0.25) is 0 Å². The number of likely N-dealkylation sites (N-methyl/N-ethyl adjacent to an activating group) is 1. The van der Waals surface area contributed by atoms with Gasteiger partial charge >= 0.3 is 0 Å². The van der Waals surface area contributed by atoms with Gasteiger partial charge in [0.15, 0.2) is 0 Å². The molecule has 0 spiro atoms. The normalized spacial score (nSPS) is 26.6. The van der Waals surface area contributed by atoms with Crippen molar-refractivity contribution < 1.29 is 14.6 Å². The molecule has 1 fully saturated rings. The Morgan fingerprint density at radius 1 is 1.03 bits per heavy atom. The maximum atomic E-state index is 12.1. The second-order valence-corrected chi connectivity index (χ2v) is 10.00. The van der Waals surface area contributed by atoms with Gasteiger partial charge in [-0.2, -0.15) is 0 Å². The van der Waals surface area contributed by atoms with Crippen LogP contribution in [0.4, 0.5) is 11.4 Å². The summed E-state index contributed by atoms with van der Waals surface area (Å²) in [7, 11) is 1.63. The summed E-state index contributed by atoms with van der Waals surface area (Å²) in [4.78, 5) is 18.7. The van der Waals surface area contributed by atoms with E-state index in [9.17, 15) is 9.90 Å². The highest BCUT2D eigenvalue weighted by Gasteiger charge is 2.42. The van der Waals surface area contributed by atoms with Crippen molar-refractivity contribution in [2.24, 2.45) is 0 Å². The van der Waals surface area contributed by atoms with Gasteiger partial charge in [-0.15, -0.1) is 0 Å². The van der Waals surface area contributed by atoms with E-state index < -0.39 is 6.35 Å². The number of carbonyl (C=O) groups excluding carboxylic acids is 1. The molecule has 3 aliphatic heterocycles. The zero-order chi connectivity index (χ0) is 23.2. The van der Waals surface area contributed by atoms with Crippen LogP contribution in [-0.4, -0.2) is 61.6 Å². The largest absolute Gasteiger partial charge is 0.493 e. The third-order valence-corrected chi connectivity index (χ3v) is 8.30. The Kier molecular flexibility index (Phi) is 5.62. The summed E-state index contributed by atoms with van der Waals surface area (Å²) >= 11 is 0. The number of likely N-dealkylation sites (tertiary alicyclic amines) is 1. The Balaban J connectivity index is 1.19. The van der Waals surface area contributed by atoms with Crippen molar-refractivity contribution in [3.63, 3.8) is 0 Å². The molecular formula is C27H34N4O3. The summed E-state index contributed by atoms with van der Waals surface area (Å²) in [6, 6.07) is 15.3. The molecule has 7 nitrogen and oxygen atoms in total. The number of benzene rings is 2. The number of aliphatic hydroxyl groups excluding tert-OH is 1. The summed E-state index contributed by atoms with van der Waals surface area (Å²) in [6.45, 7) is 3.00. The number of rotatable bonds is 4. The van der Waals surface area contributed by atoms with Crippen LogP contribution in [0.25, 0.3) is 0 Å². The highest BCUT2D eigenvalue weighted by Crippen LogP contribution is 2.49. The fourth-order valence-corrected chi connectivity index (χ4v) is 6.64. The molecule has 0 radical (unpaired) electrons. The van der Waals surface area contributed by atoms with Gasteiger partial charge in [-0.1, -0.05) is 24.3 Å². The number of amides is 1. The summed E-state index contributed by atoms with van der Waals surface area (Å²) in [5.41, 5.74) is 4.87. The van der Waals surface area contributed by atoms with Gasteiger partial charge in [0.1, 0.15) is 12.3 Å². The summed E-state index contributed by atoms with van der Waals surface area (Å²) < 4.78 is 6.00. The lowest BCUT2D eigenvalue weighted by molar-refractivity contribution is -0.119. The number of hydrogen-bond donors (Lipinski definition) is 2. The number of ether oxygens (including phenoxy) is 1. The molecule has 0 aromatic heterocycles. The smallest absolute Gasteiger partial charge is 0.239 e. The number of carbonyl (C=O) groups is 1. The highest BCUT2D eigenvalue weighted by atomic mass is 16.5. The summed E-state index contributed by atoms with van der Waals surface area (Å²) in [5, 5.41) is 13.9. The van der Waals surface area contributed by atoms with Gasteiger partial charge in [0, 0.05) is 37.8 Å². The molecule has 3 atom stereocenters. The number of nitrogens with one attached hydrogen (secondary N) is 1. The van der Waals surface area contributed by atoms with E-state index >= 15 is 0 Å². The second kappa shape index (κ2) is 8.78. The Hall–Kier alpha value is -2.77. The van der Waals surface area contributed by atoms with Gasteiger partial charge < -0.3 is 25.0 Å². The zero-order valence-corrected chi connectivity index (χ0v) is 19.8. The maximum Gasteiger partial charge on any atom is 0.239 e. The van der Waals surface area contributed by atoms with Crippen LogP contribution >= 0.6 is 0 Å². The molecule has 2 aromatic carbocycles. The molecular weight excluding hydrogens is 428 g/mol. The molecule has 1 aliphatic carbocycles. The number of aliphatic hydroxyl groups is 1. The molecule has 2 N–H and O–H groups in total. The van der Waals surface area contributed by atoms with E-state index in [0.717, 1.165) is 56.1 Å². The third-order valence-electron chi connectivity index (χ3n) is 8.30. The van der Waals surface area contributed by atoms with Gasteiger partial charge in [0.2, 0.25) is 12.3 Å². The van der Waals surface area contributed by atoms with Crippen molar-refractivity contribution >= 4 is 17.3 Å². The number of nitrogens with zero attached hydrogens (tertiary/aromatic N) is 3. The van der Waals surface area contributed by atoms with Crippen LogP contribution in [0, 0.1) is 0 Å². The van der Waals surface area contributed by atoms with E-state index in [4.69, 9.17) is 4.74 Å². The molecule has 4 aliphatic rings. The molecule has 0 bridgehead atoms. The zero-order valence-electron chi connectivity index (χ0n) is 19.8. The molecule has 2 aromatic rings. The van der Waals surface area contributed by atoms with Gasteiger partial charge in [0.25, 0.3) is 0 Å². The van der Waals surface area contributed by atoms with Crippen molar-refractivity contribution in [2.45, 2.75) is 56.5 Å². The summed E-state index contributed by atoms with van der Waals surface area (Å²) in [5.74, 6) is 1.65. The number of para-hydroxylation sites is 2. The van der Waals surface area contributed by atoms with Crippen LogP contribution in [0.3, 0.4) is 0 Å². The Labute approximate surface area is 201 Å². The molecule has 34 heavy (non-hydrogen) atoms. The molecule has 6 rings (SSSR count). The molecule has 3 heterocycles. The van der Waals surface area contributed by atoms with E-state index in [1.807, 2.05) is 18.2 Å². The second-order valence-electron chi connectivity index (χ2n) is 10.00. The maximum absolute atomic E-state index is 12.1. The first-order chi connectivity index (χ1) is 16.7. The van der Waals surface area contributed by atoms with Crippen LogP contribution in [0.15, 0.2) is 42.5 Å². The SMILES string of the molecule is CNC(=O)CN1c2ccccc2N(C2CCN(C3CCC4CCOc5cccc3c54)CC2)C1O. The molecule has 180 valence electrons. The van der Waals surface area contributed by atoms with E-state index in [0.29, 0.717) is 12.0 Å². The molecule has 3 unspecified atom stereocenters. The minimum absolute atomic E-state index is 0.101. The van der Waals surface area contributed by atoms with Crippen molar-refractivity contribution in [1.82, 2.24) is 10.2 Å². The molecule has 7 heteroatoms. The highest BCUT2D eigenvalue weighted by molar-refractivity contribution is 5.86. The standard InChI is InChI=1S/C27H34N4O3/c1-28-25(32)17-30-22-6-2-3-7-23(22)31(27(30)33)19-11-14-29(15-12-19)21-10-9-18-13-16-34-24-8-4-5-20(21)26(18)24/h2-8,18-19,21,27,33H,9-17H2,1H3,(H,28,32). The number of fused-ring (bicyclic) bond motifs is 1. The topological polar surface area (TPSA) is 68.3 Å². The molecule has 0 saturated carbocycles.